The molecule has 19 heavy (non-hydrogen) atoms. The Morgan fingerprint density at radius 2 is 1.79 bits per heavy atom. The van der Waals surface area contributed by atoms with Crippen molar-refractivity contribution in [3.63, 3.8) is 0 Å². The van der Waals surface area contributed by atoms with Gasteiger partial charge in [0.1, 0.15) is 0 Å². The van der Waals surface area contributed by atoms with Crippen LogP contribution in [-0.4, -0.2) is 12.0 Å². The first kappa shape index (κ1) is 13.4. The summed E-state index contributed by atoms with van der Waals surface area (Å²) in [5.41, 5.74) is 1.11. The highest BCUT2D eigenvalue weighted by molar-refractivity contribution is 5.43. The number of hydrogen-bond acceptors (Lipinski definition) is 2. The van der Waals surface area contributed by atoms with Crippen LogP contribution in [0.25, 0.3) is 0 Å². The molecule has 0 N–H and O–H groups in total. The molecule has 1 heterocycles. The number of rotatable bonds is 3. The molecule has 100 valence electrons. The summed E-state index contributed by atoms with van der Waals surface area (Å²) in [5.74, 6) is 0. The highest BCUT2D eigenvalue weighted by Crippen LogP contribution is 2.29. The van der Waals surface area contributed by atoms with Crippen LogP contribution in [0.4, 0.5) is 18.9 Å². The smallest absolute Gasteiger partial charge is 0.369 e. The number of anilines is 1. The summed E-state index contributed by atoms with van der Waals surface area (Å²) >= 11 is 0. The van der Waals surface area contributed by atoms with Gasteiger partial charge in [-0.15, -0.1) is 0 Å². The number of aromatic nitrogens is 1. The summed E-state index contributed by atoms with van der Waals surface area (Å²) in [7, 11) is 1.87. The average molecular weight is 266 g/mol. The van der Waals surface area contributed by atoms with Crippen LogP contribution in [0.1, 0.15) is 11.1 Å². The standard InChI is InChI=1S/C14H13F3N2/c1-19(13-3-2-8-18-9-13)10-11-4-6-12(7-5-11)14(15,16)17/h2-9H,10H2,1H3. The van der Waals surface area contributed by atoms with E-state index in [0.29, 0.717) is 6.54 Å². The predicted molar refractivity (Wildman–Crippen MR) is 67.8 cm³/mol. The number of pyridine rings is 1. The monoisotopic (exact) mass is 266 g/mol. The van der Waals surface area contributed by atoms with Crippen molar-refractivity contribution in [3.05, 3.63) is 59.9 Å². The summed E-state index contributed by atoms with van der Waals surface area (Å²) < 4.78 is 37.3. The Labute approximate surface area is 109 Å². The minimum Gasteiger partial charge on any atom is -0.369 e. The van der Waals surface area contributed by atoms with Gasteiger partial charge in [-0.1, -0.05) is 12.1 Å². The second kappa shape index (κ2) is 5.30. The first-order valence-corrected chi connectivity index (χ1v) is 5.74. The van der Waals surface area contributed by atoms with E-state index < -0.39 is 11.7 Å². The van der Waals surface area contributed by atoms with E-state index in [1.165, 1.54) is 12.1 Å². The third-order valence-corrected chi connectivity index (χ3v) is 2.79. The molecule has 0 spiro atoms. The van der Waals surface area contributed by atoms with Crippen LogP contribution in [0.5, 0.6) is 0 Å². The molecule has 1 aromatic carbocycles. The molecular formula is C14H13F3N2. The number of alkyl halides is 3. The van der Waals surface area contributed by atoms with Crippen LogP contribution in [0.3, 0.4) is 0 Å². The maximum Gasteiger partial charge on any atom is 0.416 e. The van der Waals surface area contributed by atoms with Crippen LogP contribution < -0.4 is 4.90 Å². The fourth-order valence-corrected chi connectivity index (χ4v) is 1.74. The maximum atomic E-state index is 12.4. The quantitative estimate of drug-likeness (QED) is 0.841. The van der Waals surface area contributed by atoms with Crippen LogP contribution in [0, 0.1) is 0 Å². The zero-order valence-corrected chi connectivity index (χ0v) is 10.4. The van der Waals surface area contributed by atoms with Crippen molar-refractivity contribution in [2.75, 3.05) is 11.9 Å². The fraction of sp³-hybridized carbons (Fsp3) is 0.214. The fourth-order valence-electron chi connectivity index (χ4n) is 1.74. The third kappa shape index (κ3) is 3.47. The number of nitrogens with zero attached hydrogens (tertiary/aromatic N) is 2. The molecule has 2 nitrogen and oxygen atoms in total. The lowest BCUT2D eigenvalue weighted by Gasteiger charge is -2.19. The van der Waals surface area contributed by atoms with Gasteiger partial charge < -0.3 is 4.90 Å². The Kier molecular flexibility index (Phi) is 3.74. The molecule has 5 heteroatoms. The largest absolute Gasteiger partial charge is 0.416 e. The molecule has 2 aromatic rings. The molecule has 0 saturated carbocycles. The third-order valence-electron chi connectivity index (χ3n) is 2.79. The van der Waals surface area contributed by atoms with Crippen molar-refractivity contribution in [3.8, 4) is 0 Å². The molecule has 0 radical (unpaired) electrons. The average Bonchev–Trinajstić information content (AvgIpc) is 2.39. The van der Waals surface area contributed by atoms with Gasteiger partial charge in [-0.25, -0.2) is 0 Å². The Bertz CT molecular complexity index is 521. The number of benzene rings is 1. The summed E-state index contributed by atoms with van der Waals surface area (Å²) in [6, 6.07) is 8.92. The second-order valence-electron chi connectivity index (χ2n) is 4.26. The summed E-state index contributed by atoms with van der Waals surface area (Å²) in [4.78, 5) is 5.93. The van der Waals surface area contributed by atoms with E-state index in [0.717, 1.165) is 23.4 Å². The normalized spacial score (nSPS) is 11.4. The van der Waals surface area contributed by atoms with Gasteiger partial charge in [0.25, 0.3) is 0 Å². The van der Waals surface area contributed by atoms with Gasteiger partial charge in [-0.05, 0) is 29.8 Å². The molecule has 0 aliphatic rings. The first-order valence-electron chi connectivity index (χ1n) is 5.74. The van der Waals surface area contributed by atoms with Crippen LogP contribution in [0.15, 0.2) is 48.8 Å². The molecule has 1 aromatic heterocycles. The Morgan fingerprint density at radius 1 is 1.11 bits per heavy atom. The van der Waals surface area contributed by atoms with E-state index >= 15 is 0 Å². The maximum absolute atomic E-state index is 12.4. The molecule has 0 amide bonds. The SMILES string of the molecule is CN(Cc1ccc(C(F)(F)F)cc1)c1cccnc1. The van der Waals surface area contributed by atoms with Crippen molar-refractivity contribution >= 4 is 5.69 Å². The molecular weight excluding hydrogens is 253 g/mol. The first-order chi connectivity index (χ1) is 8.97. The van der Waals surface area contributed by atoms with E-state index in [1.54, 1.807) is 12.4 Å². The van der Waals surface area contributed by atoms with Gasteiger partial charge >= 0.3 is 6.18 Å². The van der Waals surface area contributed by atoms with Crippen molar-refractivity contribution in [2.24, 2.45) is 0 Å². The number of hydrogen-bond donors (Lipinski definition) is 0. The minimum absolute atomic E-state index is 0.532. The van der Waals surface area contributed by atoms with Crippen LogP contribution in [0.2, 0.25) is 0 Å². The highest BCUT2D eigenvalue weighted by atomic mass is 19.4. The molecule has 0 aliphatic carbocycles. The van der Waals surface area contributed by atoms with E-state index in [4.69, 9.17) is 0 Å². The lowest BCUT2D eigenvalue weighted by molar-refractivity contribution is -0.137. The Morgan fingerprint density at radius 3 is 2.32 bits per heavy atom. The van der Waals surface area contributed by atoms with Gasteiger partial charge in [-0.3, -0.25) is 4.98 Å². The van der Waals surface area contributed by atoms with Crippen molar-refractivity contribution < 1.29 is 13.2 Å². The van der Waals surface area contributed by atoms with Gasteiger partial charge in [0.15, 0.2) is 0 Å². The van der Waals surface area contributed by atoms with Crippen LogP contribution in [-0.2, 0) is 12.7 Å². The minimum atomic E-state index is -4.28. The van der Waals surface area contributed by atoms with E-state index in [2.05, 4.69) is 4.98 Å². The van der Waals surface area contributed by atoms with Crippen molar-refractivity contribution in [2.45, 2.75) is 12.7 Å². The Balaban J connectivity index is 2.08. The molecule has 0 unspecified atom stereocenters. The predicted octanol–water partition coefficient (Wildman–Crippen LogP) is 3.74. The Hall–Kier alpha value is -2.04. The lowest BCUT2D eigenvalue weighted by atomic mass is 10.1. The molecule has 0 saturated heterocycles. The second-order valence-corrected chi connectivity index (χ2v) is 4.26. The van der Waals surface area contributed by atoms with Gasteiger partial charge in [-0.2, -0.15) is 13.2 Å². The van der Waals surface area contributed by atoms with Gasteiger partial charge in [0.2, 0.25) is 0 Å². The summed E-state index contributed by atoms with van der Waals surface area (Å²) in [5, 5.41) is 0. The topological polar surface area (TPSA) is 16.1 Å². The van der Waals surface area contributed by atoms with E-state index in [1.807, 2.05) is 24.1 Å². The van der Waals surface area contributed by atoms with E-state index in [9.17, 15) is 13.2 Å². The van der Waals surface area contributed by atoms with E-state index in [-0.39, 0.29) is 0 Å². The molecule has 0 aliphatic heterocycles. The zero-order valence-electron chi connectivity index (χ0n) is 10.4. The van der Waals surface area contributed by atoms with Crippen LogP contribution >= 0.6 is 0 Å². The molecule has 2 rings (SSSR count). The summed E-state index contributed by atoms with van der Waals surface area (Å²) in [6.07, 6.45) is -0.896. The highest BCUT2D eigenvalue weighted by Gasteiger charge is 2.29. The van der Waals surface area contributed by atoms with Crippen molar-refractivity contribution in [1.82, 2.24) is 4.98 Å². The van der Waals surface area contributed by atoms with Gasteiger partial charge in [0.05, 0.1) is 17.4 Å². The summed E-state index contributed by atoms with van der Waals surface area (Å²) in [6.45, 7) is 0.532. The van der Waals surface area contributed by atoms with Crippen molar-refractivity contribution in [1.29, 1.82) is 0 Å². The molecule has 0 bridgehead atoms. The van der Waals surface area contributed by atoms with Gasteiger partial charge in [0, 0.05) is 19.8 Å². The number of halogens is 3. The lowest BCUT2D eigenvalue weighted by Crippen LogP contribution is -2.16. The molecule has 0 atom stereocenters. The molecule has 0 fully saturated rings. The zero-order chi connectivity index (χ0) is 13.9.